The lowest BCUT2D eigenvalue weighted by atomic mass is 9.81. The summed E-state index contributed by atoms with van der Waals surface area (Å²) in [6, 6.07) is 0. The highest BCUT2D eigenvalue weighted by atomic mass is 16.5. The van der Waals surface area contributed by atoms with E-state index in [1.54, 1.807) is 0 Å². The van der Waals surface area contributed by atoms with Crippen LogP contribution in [-0.4, -0.2) is 24.3 Å². The van der Waals surface area contributed by atoms with Crippen molar-refractivity contribution < 1.29 is 14.6 Å². The molecule has 1 saturated carbocycles. The van der Waals surface area contributed by atoms with Crippen LogP contribution in [-0.2, 0) is 9.53 Å². The number of hydrogen-bond donors (Lipinski definition) is 1. The molecule has 0 aromatic rings. The minimum absolute atomic E-state index is 0.265. The van der Waals surface area contributed by atoms with Crippen molar-refractivity contribution in [1.29, 1.82) is 0 Å². The summed E-state index contributed by atoms with van der Waals surface area (Å²) >= 11 is 0. The lowest BCUT2D eigenvalue weighted by Crippen LogP contribution is -2.39. The van der Waals surface area contributed by atoms with E-state index in [9.17, 15) is 9.90 Å². The number of rotatable bonds is 2. The summed E-state index contributed by atoms with van der Waals surface area (Å²) in [6.07, 6.45) is 6.90. The van der Waals surface area contributed by atoms with Gasteiger partial charge in [0, 0.05) is 6.42 Å². The highest BCUT2D eigenvalue weighted by Gasteiger charge is 2.48. The van der Waals surface area contributed by atoms with Crippen molar-refractivity contribution in [3.8, 4) is 12.3 Å². The normalized spacial score (nSPS) is 32.5. The van der Waals surface area contributed by atoms with Gasteiger partial charge in [-0.3, -0.25) is 4.79 Å². The molecule has 2 atom stereocenters. The molecule has 3 nitrogen and oxygen atoms in total. The van der Waals surface area contributed by atoms with Crippen LogP contribution in [0.5, 0.6) is 0 Å². The van der Waals surface area contributed by atoms with Crippen molar-refractivity contribution in [2.75, 3.05) is 7.11 Å². The van der Waals surface area contributed by atoms with Gasteiger partial charge in [-0.15, -0.1) is 12.3 Å². The fourth-order valence-electron chi connectivity index (χ4n) is 1.96. The predicted molar refractivity (Wildman–Crippen MR) is 47.8 cm³/mol. The SMILES string of the molecule is C#CC[C@]1(C(=O)OC)CCC[C@H]1O. The number of aliphatic hydroxyl groups excluding tert-OH is 1. The van der Waals surface area contributed by atoms with Gasteiger partial charge in [-0.1, -0.05) is 0 Å². The molecule has 3 heteroatoms. The van der Waals surface area contributed by atoms with Crippen LogP contribution in [0.1, 0.15) is 25.7 Å². The highest BCUT2D eigenvalue weighted by molar-refractivity contribution is 5.78. The van der Waals surface area contributed by atoms with E-state index in [2.05, 4.69) is 10.7 Å². The number of methoxy groups -OCH3 is 1. The molecule has 0 bridgehead atoms. The topological polar surface area (TPSA) is 46.5 Å². The summed E-state index contributed by atoms with van der Waals surface area (Å²) in [5.41, 5.74) is -0.830. The Morgan fingerprint density at radius 1 is 1.85 bits per heavy atom. The quantitative estimate of drug-likeness (QED) is 0.505. The van der Waals surface area contributed by atoms with Crippen molar-refractivity contribution >= 4 is 5.97 Å². The molecular formula is C10H14O3. The molecule has 72 valence electrons. The van der Waals surface area contributed by atoms with E-state index < -0.39 is 11.5 Å². The summed E-state index contributed by atoms with van der Waals surface area (Å²) < 4.78 is 4.67. The minimum Gasteiger partial charge on any atom is -0.468 e. The van der Waals surface area contributed by atoms with Gasteiger partial charge in [0.1, 0.15) is 5.41 Å². The average molecular weight is 182 g/mol. The molecule has 0 saturated heterocycles. The van der Waals surface area contributed by atoms with Crippen molar-refractivity contribution in [3.05, 3.63) is 0 Å². The Balaban J connectivity index is 2.87. The molecule has 1 N–H and O–H groups in total. The second-order valence-corrected chi connectivity index (χ2v) is 3.44. The first-order chi connectivity index (χ1) is 6.17. The standard InChI is InChI=1S/C10H14O3/c1-3-6-10(9(12)13-2)7-4-5-8(10)11/h1,8,11H,4-7H2,2H3/t8-,10+/m1/s1. The maximum absolute atomic E-state index is 11.5. The maximum atomic E-state index is 11.5. The van der Waals surface area contributed by atoms with Crippen LogP contribution in [0, 0.1) is 17.8 Å². The van der Waals surface area contributed by atoms with E-state index in [-0.39, 0.29) is 12.4 Å². The Labute approximate surface area is 78.1 Å². The fraction of sp³-hybridized carbons (Fsp3) is 0.700. The van der Waals surface area contributed by atoms with Gasteiger partial charge in [-0.2, -0.15) is 0 Å². The lowest BCUT2D eigenvalue weighted by Gasteiger charge is -2.27. The number of terminal acetylenes is 1. The summed E-state index contributed by atoms with van der Waals surface area (Å²) in [5.74, 6) is 2.06. The first kappa shape index (κ1) is 10.1. The van der Waals surface area contributed by atoms with Crippen molar-refractivity contribution in [2.45, 2.75) is 31.8 Å². The van der Waals surface area contributed by atoms with Crippen molar-refractivity contribution in [2.24, 2.45) is 5.41 Å². The highest BCUT2D eigenvalue weighted by Crippen LogP contribution is 2.42. The average Bonchev–Trinajstić information content (AvgIpc) is 2.48. The van der Waals surface area contributed by atoms with Gasteiger partial charge in [0.15, 0.2) is 0 Å². The minimum atomic E-state index is -0.830. The molecule has 1 aliphatic rings. The van der Waals surface area contributed by atoms with Gasteiger partial charge in [0.05, 0.1) is 13.2 Å². The Kier molecular flexibility index (Phi) is 2.94. The Morgan fingerprint density at radius 2 is 2.54 bits per heavy atom. The van der Waals surface area contributed by atoms with E-state index in [1.165, 1.54) is 7.11 Å². The molecule has 1 fully saturated rings. The number of aliphatic hydroxyl groups is 1. The van der Waals surface area contributed by atoms with Gasteiger partial charge in [0.2, 0.25) is 0 Å². The molecule has 0 aliphatic heterocycles. The number of esters is 1. The smallest absolute Gasteiger partial charge is 0.315 e. The van der Waals surface area contributed by atoms with Crippen LogP contribution in [0.25, 0.3) is 0 Å². The molecular weight excluding hydrogens is 168 g/mol. The molecule has 0 spiro atoms. The zero-order valence-electron chi connectivity index (χ0n) is 7.75. The van der Waals surface area contributed by atoms with Crippen LogP contribution in [0.2, 0.25) is 0 Å². The second-order valence-electron chi connectivity index (χ2n) is 3.44. The van der Waals surface area contributed by atoms with E-state index in [4.69, 9.17) is 6.42 Å². The molecule has 13 heavy (non-hydrogen) atoms. The van der Waals surface area contributed by atoms with Gasteiger partial charge < -0.3 is 9.84 Å². The molecule has 0 heterocycles. The van der Waals surface area contributed by atoms with Crippen LogP contribution < -0.4 is 0 Å². The fourth-order valence-corrected chi connectivity index (χ4v) is 1.96. The summed E-state index contributed by atoms with van der Waals surface area (Å²) in [7, 11) is 1.33. The number of carbonyl (C=O) groups excluding carboxylic acids is 1. The molecule has 1 aliphatic carbocycles. The Bertz CT molecular complexity index is 241. The molecule has 1 rings (SSSR count). The van der Waals surface area contributed by atoms with Gasteiger partial charge in [0.25, 0.3) is 0 Å². The van der Waals surface area contributed by atoms with Crippen LogP contribution in [0.4, 0.5) is 0 Å². The van der Waals surface area contributed by atoms with E-state index in [0.717, 1.165) is 6.42 Å². The van der Waals surface area contributed by atoms with Crippen molar-refractivity contribution in [1.82, 2.24) is 0 Å². The van der Waals surface area contributed by atoms with Gasteiger partial charge >= 0.3 is 5.97 Å². The van der Waals surface area contributed by atoms with E-state index >= 15 is 0 Å². The van der Waals surface area contributed by atoms with Crippen LogP contribution >= 0.6 is 0 Å². The number of carbonyl (C=O) groups is 1. The predicted octanol–water partition coefficient (Wildman–Crippen LogP) is 0.714. The van der Waals surface area contributed by atoms with E-state index in [1.807, 2.05) is 0 Å². The first-order valence-corrected chi connectivity index (χ1v) is 4.37. The lowest BCUT2D eigenvalue weighted by molar-refractivity contribution is -0.157. The van der Waals surface area contributed by atoms with Gasteiger partial charge in [-0.05, 0) is 19.3 Å². The van der Waals surface area contributed by atoms with Crippen LogP contribution in [0.15, 0.2) is 0 Å². The first-order valence-electron chi connectivity index (χ1n) is 4.37. The maximum Gasteiger partial charge on any atom is 0.315 e. The number of ether oxygens (including phenoxy) is 1. The third-order valence-corrected chi connectivity index (χ3v) is 2.75. The summed E-state index contributed by atoms with van der Waals surface area (Å²) in [6.45, 7) is 0. The van der Waals surface area contributed by atoms with E-state index in [0.29, 0.717) is 12.8 Å². The van der Waals surface area contributed by atoms with Gasteiger partial charge in [-0.25, -0.2) is 0 Å². The number of hydrogen-bond acceptors (Lipinski definition) is 3. The molecule has 0 aromatic carbocycles. The molecule has 0 aromatic heterocycles. The third kappa shape index (κ3) is 1.54. The zero-order chi connectivity index (χ0) is 9.90. The molecule has 0 radical (unpaired) electrons. The van der Waals surface area contributed by atoms with Crippen LogP contribution in [0.3, 0.4) is 0 Å². The van der Waals surface area contributed by atoms with Crippen molar-refractivity contribution in [3.63, 3.8) is 0 Å². The molecule has 0 unspecified atom stereocenters. The third-order valence-electron chi connectivity index (χ3n) is 2.75. The monoisotopic (exact) mass is 182 g/mol. The summed E-state index contributed by atoms with van der Waals surface area (Å²) in [4.78, 5) is 11.5. The molecule has 0 amide bonds. The second kappa shape index (κ2) is 3.80. The summed E-state index contributed by atoms with van der Waals surface area (Å²) in [5, 5.41) is 9.68. The zero-order valence-corrected chi connectivity index (χ0v) is 7.75. The largest absolute Gasteiger partial charge is 0.468 e. The Morgan fingerprint density at radius 3 is 2.92 bits per heavy atom. The Hall–Kier alpha value is -1.01.